The van der Waals surface area contributed by atoms with E-state index in [1.54, 1.807) is 0 Å². The molecule has 0 aliphatic carbocycles. The van der Waals surface area contributed by atoms with E-state index in [9.17, 15) is 0 Å². The number of hydrogen-bond acceptors (Lipinski definition) is 4. The summed E-state index contributed by atoms with van der Waals surface area (Å²) in [4.78, 5) is 0. The average molecular weight is 218 g/mol. The lowest BCUT2D eigenvalue weighted by molar-refractivity contribution is 0.613. The Morgan fingerprint density at radius 3 is 3.08 bits per heavy atom. The summed E-state index contributed by atoms with van der Waals surface area (Å²) in [5.74, 6) is 0. The van der Waals surface area contributed by atoms with Crippen molar-refractivity contribution in [3.05, 3.63) is 17.5 Å². The van der Waals surface area contributed by atoms with E-state index in [1.807, 2.05) is 6.20 Å². The summed E-state index contributed by atoms with van der Waals surface area (Å²) in [7, 11) is 0. The molecule has 1 N–H and O–H groups in total. The molecule has 1 saturated heterocycles. The molecule has 1 fully saturated rings. The molecule has 1 aliphatic heterocycles. The van der Waals surface area contributed by atoms with E-state index in [1.165, 1.54) is 30.1 Å². The first-order valence-electron chi connectivity index (χ1n) is 4.13. The lowest BCUT2D eigenvalue weighted by Gasteiger charge is -2.14. The largest absolute Gasteiger partial charge is 0.313 e. The van der Waals surface area contributed by atoms with Gasteiger partial charge < -0.3 is 5.32 Å². The van der Waals surface area contributed by atoms with Crippen LogP contribution in [-0.2, 0) is 0 Å². The molecule has 0 atom stereocenters. The quantitative estimate of drug-likeness (QED) is 0.779. The first-order valence-corrected chi connectivity index (χ1v) is 4.86. The van der Waals surface area contributed by atoms with E-state index >= 15 is 0 Å². The Morgan fingerprint density at radius 1 is 1.54 bits per heavy atom. The first-order chi connectivity index (χ1) is 5.95. The van der Waals surface area contributed by atoms with Crippen LogP contribution in [0.5, 0.6) is 0 Å². The maximum Gasteiger partial charge on any atom is 0.0969 e. The highest BCUT2D eigenvalue weighted by Gasteiger charge is 2.04. The summed E-state index contributed by atoms with van der Waals surface area (Å²) in [6, 6.07) is 0. The average Bonchev–Trinajstić information content (AvgIpc) is 2.59. The third kappa shape index (κ3) is 3.06. The molecule has 3 nitrogen and oxygen atoms in total. The maximum atomic E-state index is 4.14. The Morgan fingerprint density at radius 2 is 2.46 bits per heavy atom. The number of aromatic nitrogens is 2. The highest BCUT2D eigenvalue weighted by atomic mass is 35.5. The minimum Gasteiger partial charge on any atom is -0.313 e. The Kier molecular flexibility index (Phi) is 4.35. The number of nitrogens with zero attached hydrogens (tertiary/aromatic N) is 2. The molecule has 0 radical (unpaired) electrons. The van der Waals surface area contributed by atoms with E-state index in [4.69, 9.17) is 0 Å². The first kappa shape index (κ1) is 10.6. The zero-order valence-corrected chi connectivity index (χ0v) is 8.83. The molecule has 0 saturated carbocycles. The monoisotopic (exact) mass is 217 g/mol. The van der Waals surface area contributed by atoms with Crippen LogP contribution in [0, 0.1) is 0 Å². The van der Waals surface area contributed by atoms with Gasteiger partial charge in [0.15, 0.2) is 0 Å². The van der Waals surface area contributed by atoms with Crippen molar-refractivity contribution in [2.75, 3.05) is 13.1 Å². The van der Waals surface area contributed by atoms with Gasteiger partial charge >= 0.3 is 0 Å². The standard InChI is InChI=1S/C8H11N3S.ClH/c1-2-7(5-9-3-1)4-8-6-10-12-11-8;/h4,6,9H,1-3,5H2;1H. The smallest absolute Gasteiger partial charge is 0.0969 e. The van der Waals surface area contributed by atoms with Crippen LogP contribution >= 0.6 is 24.1 Å². The number of piperidine rings is 1. The Bertz CT molecular complexity index is 263. The van der Waals surface area contributed by atoms with Crippen LogP contribution in [-0.4, -0.2) is 21.8 Å². The lowest BCUT2D eigenvalue weighted by atomic mass is 10.1. The molecular weight excluding hydrogens is 206 g/mol. The Labute approximate surface area is 88.0 Å². The summed E-state index contributed by atoms with van der Waals surface area (Å²) in [5.41, 5.74) is 2.44. The zero-order valence-electron chi connectivity index (χ0n) is 7.19. The zero-order chi connectivity index (χ0) is 8.23. The van der Waals surface area contributed by atoms with Crippen molar-refractivity contribution in [3.63, 3.8) is 0 Å². The van der Waals surface area contributed by atoms with Gasteiger partial charge in [-0.3, -0.25) is 0 Å². The lowest BCUT2D eigenvalue weighted by Crippen LogP contribution is -2.23. The fourth-order valence-electron chi connectivity index (χ4n) is 1.35. The van der Waals surface area contributed by atoms with Crippen LogP contribution in [0.25, 0.3) is 6.08 Å². The number of halogens is 1. The van der Waals surface area contributed by atoms with Gasteiger partial charge in [-0.25, -0.2) is 0 Å². The SMILES string of the molecule is C(=C1CCCNC1)c1cnsn1.Cl. The number of rotatable bonds is 1. The molecule has 0 unspecified atom stereocenters. The fourth-order valence-corrected chi connectivity index (χ4v) is 1.74. The molecule has 0 amide bonds. The molecule has 5 heteroatoms. The Hall–Kier alpha value is -0.450. The van der Waals surface area contributed by atoms with Crippen molar-refractivity contribution in [1.29, 1.82) is 0 Å². The van der Waals surface area contributed by atoms with Crippen molar-refractivity contribution in [2.45, 2.75) is 12.8 Å². The third-order valence-corrected chi connectivity index (χ3v) is 2.43. The molecule has 0 aromatic carbocycles. The third-order valence-electron chi connectivity index (χ3n) is 1.93. The van der Waals surface area contributed by atoms with Crippen molar-refractivity contribution < 1.29 is 0 Å². The molecule has 1 aromatic heterocycles. The van der Waals surface area contributed by atoms with Gasteiger partial charge in [-0.1, -0.05) is 5.57 Å². The minimum atomic E-state index is 0. The highest BCUT2D eigenvalue weighted by Crippen LogP contribution is 2.12. The molecule has 2 rings (SSSR count). The van der Waals surface area contributed by atoms with Crippen LogP contribution in [0.4, 0.5) is 0 Å². The highest BCUT2D eigenvalue weighted by molar-refractivity contribution is 6.99. The molecular formula is C8H12ClN3S. The van der Waals surface area contributed by atoms with Crippen molar-refractivity contribution in [3.8, 4) is 0 Å². The molecule has 0 bridgehead atoms. The summed E-state index contributed by atoms with van der Waals surface area (Å²) in [6.45, 7) is 2.16. The summed E-state index contributed by atoms with van der Waals surface area (Å²) in [6.07, 6.45) is 6.38. The van der Waals surface area contributed by atoms with Gasteiger partial charge in [-0.15, -0.1) is 12.4 Å². The molecule has 13 heavy (non-hydrogen) atoms. The van der Waals surface area contributed by atoms with Crippen LogP contribution < -0.4 is 5.32 Å². The fraction of sp³-hybridized carbons (Fsp3) is 0.500. The van der Waals surface area contributed by atoms with Crippen LogP contribution in [0.15, 0.2) is 11.8 Å². The van der Waals surface area contributed by atoms with Gasteiger partial charge in [0, 0.05) is 6.54 Å². The van der Waals surface area contributed by atoms with Crippen molar-refractivity contribution in [1.82, 2.24) is 14.1 Å². The van der Waals surface area contributed by atoms with Crippen molar-refractivity contribution in [2.24, 2.45) is 0 Å². The van der Waals surface area contributed by atoms with E-state index < -0.39 is 0 Å². The van der Waals surface area contributed by atoms with Gasteiger partial charge in [0.25, 0.3) is 0 Å². The second kappa shape index (κ2) is 5.32. The maximum absolute atomic E-state index is 4.14. The molecule has 2 heterocycles. The molecule has 0 spiro atoms. The van der Waals surface area contributed by atoms with Gasteiger partial charge in [0.2, 0.25) is 0 Å². The van der Waals surface area contributed by atoms with Crippen molar-refractivity contribution >= 4 is 30.2 Å². The van der Waals surface area contributed by atoms with Gasteiger partial charge in [-0.05, 0) is 25.5 Å². The molecule has 1 aromatic rings. The predicted octanol–water partition coefficient (Wildman–Crippen LogP) is 1.73. The number of hydrogen-bond donors (Lipinski definition) is 1. The van der Waals surface area contributed by atoms with Gasteiger partial charge in [0.1, 0.15) is 0 Å². The van der Waals surface area contributed by atoms with E-state index in [0.717, 1.165) is 18.8 Å². The second-order valence-electron chi connectivity index (χ2n) is 2.92. The minimum absolute atomic E-state index is 0. The van der Waals surface area contributed by atoms with Gasteiger partial charge in [-0.2, -0.15) is 8.75 Å². The van der Waals surface area contributed by atoms with Gasteiger partial charge in [0.05, 0.1) is 23.6 Å². The predicted molar refractivity (Wildman–Crippen MR) is 57.2 cm³/mol. The van der Waals surface area contributed by atoms with Crippen LogP contribution in [0.3, 0.4) is 0 Å². The van der Waals surface area contributed by atoms with Crippen LogP contribution in [0.1, 0.15) is 18.5 Å². The van der Waals surface area contributed by atoms with E-state index in [0.29, 0.717) is 0 Å². The normalized spacial score (nSPS) is 19.8. The van der Waals surface area contributed by atoms with Crippen LogP contribution in [0.2, 0.25) is 0 Å². The Balaban J connectivity index is 0.000000845. The van der Waals surface area contributed by atoms with E-state index in [2.05, 4.69) is 20.1 Å². The summed E-state index contributed by atoms with van der Waals surface area (Å²) < 4.78 is 8.09. The van der Waals surface area contributed by atoms with E-state index in [-0.39, 0.29) is 12.4 Å². The summed E-state index contributed by atoms with van der Waals surface area (Å²) >= 11 is 1.26. The summed E-state index contributed by atoms with van der Waals surface area (Å²) in [5, 5.41) is 3.33. The number of nitrogens with one attached hydrogen (secondary N) is 1. The molecule has 72 valence electrons. The second-order valence-corrected chi connectivity index (χ2v) is 3.47. The topological polar surface area (TPSA) is 37.8 Å². The molecule has 1 aliphatic rings.